The first-order chi connectivity index (χ1) is 15.9. The lowest BCUT2D eigenvalue weighted by Crippen LogP contribution is -2.29. The summed E-state index contributed by atoms with van der Waals surface area (Å²) in [4.78, 5) is 16.6. The molecule has 34 heavy (non-hydrogen) atoms. The molecule has 0 saturated carbocycles. The van der Waals surface area contributed by atoms with E-state index in [0.717, 1.165) is 11.3 Å². The van der Waals surface area contributed by atoms with Crippen molar-refractivity contribution in [2.45, 2.75) is 87.5 Å². The molecule has 0 fully saturated rings. The maximum absolute atomic E-state index is 12.0. The van der Waals surface area contributed by atoms with E-state index in [1.54, 1.807) is 21.0 Å². The number of carboxylic acids is 1. The molecule has 2 rings (SSSR count). The number of nitrogens with one attached hydrogen (secondary N) is 2. The van der Waals surface area contributed by atoms with Crippen molar-refractivity contribution in [2.75, 3.05) is 12.4 Å². The van der Waals surface area contributed by atoms with E-state index in [9.17, 15) is 9.90 Å². The van der Waals surface area contributed by atoms with Crippen molar-refractivity contribution in [1.29, 1.82) is 5.41 Å². The fourth-order valence-corrected chi connectivity index (χ4v) is 3.36. The van der Waals surface area contributed by atoms with E-state index in [1.807, 2.05) is 79.7 Å². The van der Waals surface area contributed by atoms with Crippen LogP contribution in [0.3, 0.4) is 0 Å². The summed E-state index contributed by atoms with van der Waals surface area (Å²) in [6.45, 7) is 19.2. The number of hydrogen-bond acceptors (Lipinski definition) is 6. The number of nitrogens with zero attached hydrogens (tertiary/aromatic N) is 1. The molecule has 1 aromatic carbocycles. The normalized spacial score (nSPS) is 11.3. The van der Waals surface area contributed by atoms with Crippen LogP contribution < -0.4 is 10.1 Å². The van der Waals surface area contributed by atoms with Crippen LogP contribution in [0.2, 0.25) is 0 Å². The zero-order valence-corrected chi connectivity index (χ0v) is 22.7. The molecule has 0 bridgehead atoms. The Morgan fingerprint density at radius 2 is 1.65 bits per heavy atom. The number of methoxy groups -OCH3 is 1. The molecule has 0 aliphatic carbocycles. The average Bonchev–Trinajstić information content (AvgIpc) is 2.78. The van der Waals surface area contributed by atoms with E-state index in [2.05, 4.69) is 10.3 Å². The molecule has 0 aliphatic rings. The second-order valence-electron chi connectivity index (χ2n) is 8.23. The number of hydrogen-bond donors (Lipinski definition) is 3. The predicted molar refractivity (Wildman–Crippen MR) is 140 cm³/mol. The van der Waals surface area contributed by atoms with E-state index in [4.69, 9.17) is 14.9 Å². The highest BCUT2D eigenvalue weighted by molar-refractivity contribution is 6.02. The molecule has 0 radical (unpaired) electrons. The van der Waals surface area contributed by atoms with Gasteiger partial charge >= 0.3 is 5.97 Å². The third-order valence-electron chi connectivity index (χ3n) is 4.64. The van der Waals surface area contributed by atoms with Crippen LogP contribution in [0.5, 0.6) is 5.75 Å². The highest BCUT2D eigenvalue weighted by Crippen LogP contribution is 2.33. The van der Waals surface area contributed by atoms with E-state index >= 15 is 0 Å². The van der Waals surface area contributed by atoms with Crippen LogP contribution in [0.1, 0.15) is 89.4 Å². The third-order valence-corrected chi connectivity index (χ3v) is 4.64. The van der Waals surface area contributed by atoms with Gasteiger partial charge in [-0.15, -0.1) is 0 Å². The number of aliphatic carboxylic acids is 1. The molecule has 1 aromatic heterocycles. The fraction of sp³-hybridized carbons (Fsp3) is 0.519. The van der Waals surface area contributed by atoms with Crippen LogP contribution in [0.15, 0.2) is 24.3 Å². The van der Waals surface area contributed by atoms with Crippen molar-refractivity contribution in [2.24, 2.45) is 0 Å². The Morgan fingerprint density at radius 1 is 1.12 bits per heavy atom. The lowest BCUT2D eigenvalue weighted by atomic mass is 9.94. The number of benzene rings is 1. The first kappa shape index (κ1) is 31.1. The van der Waals surface area contributed by atoms with Crippen molar-refractivity contribution >= 4 is 17.5 Å². The van der Waals surface area contributed by atoms with Crippen molar-refractivity contribution in [1.82, 2.24) is 4.98 Å². The van der Waals surface area contributed by atoms with Gasteiger partial charge < -0.3 is 25.3 Å². The van der Waals surface area contributed by atoms with Crippen LogP contribution in [0.4, 0.5) is 5.82 Å². The average molecular weight is 474 g/mol. The first-order valence-corrected chi connectivity index (χ1v) is 11.8. The Morgan fingerprint density at radius 3 is 2.06 bits per heavy atom. The maximum Gasteiger partial charge on any atom is 0.337 e. The van der Waals surface area contributed by atoms with Crippen molar-refractivity contribution in [3.63, 3.8) is 0 Å². The monoisotopic (exact) mass is 473 g/mol. The summed E-state index contributed by atoms with van der Waals surface area (Å²) < 4.78 is 11.0. The molecular formula is C27H43N3O4. The second-order valence-corrected chi connectivity index (χ2v) is 8.23. The lowest BCUT2D eigenvalue weighted by molar-refractivity contribution is -0.160. The quantitative estimate of drug-likeness (QED) is 0.368. The summed E-state index contributed by atoms with van der Waals surface area (Å²) in [5.41, 5.74) is 3.02. The minimum Gasteiger partial charge on any atom is -0.497 e. The Balaban J connectivity index is 0.00000258. The third kappa shape index (κ3) is 8.78. The minimum atomic E-state index is -1.16. The van der Waals surface area contributed by atoms with Gasteiger partial charge in [-0.1, -0.05) is 39.8 Å². The number of aromatic nitrogens is 1. The minimum absolute atomic E-state index is 0.304. The molecule has 7 heteroatoms. The van der Waals surface area contributed by atoms with Gasteiger partial charge in [-0.25, -0.2) is 9.78 Å². The van der Waals surface area contributed by atoms with E-state index < -0.39 is 17.7 Å². The van der Waals surface area contributed by atoms with E-state index in [1.165, 1.54) is 0 Å². The SMILES string of the molecule is CC.CC.COc1ccc(CNc2nc(C)c(C(OC(C)(C)C)C(=O)O)c(C)c2C(C)=N)cc1. The number of pyridine rings is 1. The topological polar surface area (TPSA) is 105 Å². The van der Waals surface area contributed by atoms with Gasteiger partial charge in [0.05, 0.1) is 12.7 Å². The van der Waals surface area contributed by atoms with Gasteiger partial charge in [0.25, 0.3) is 0 Å². The zero-order chi connectivity index (χ0) is 26.6. The number of anilines is 1. The van der Waals surface area contributed by atoms with Crippen LogP contribution in [0, 0.1) is 19.3 Å². The molecule has 0 spiro atoms. The Kier molecular flexibility index (Phi) is 13.1. The van der Waals surface area contributed by atoms with E-state index in [-0.39, 0.29) is 0 Å². The van der Waals surface area contributed by atoms with Crippen LogP contribution in [-0.4, -0.2) is 34.5 Å². The van der Waals surface area contributed by atoms with Gasteiger partial charge in [0.1, 0.15) is 11.6 Å². The highest BCUT2D eigenvalue weighted by atomic mass is 16.5. The summed E-state index contributed by atoms with van der Waals surface area (Å²) >= 11 is 0. The van der Waals surface area contributed by atoms with Crippen molar-refractivity contribution in [3.05, 3.63) is 52.2 Å². The van der Waals surface area contributed by atoms with Gasteiger partial charge in [-0.2, -0.15) is 0 Å². The standard InChI is InChI=1S/C23H31N3O4.2C2H6/c1-13-18(14(2)24)21(25-12-16-8-10-17(29-7)11-9-16)26-15(3)19(13)20(22(27)28)30-23(4,5)6;2*1-2/h8-11,20,24H,12H2,1-7H3,(H,25,26)(H,27,28);2*1-2H3. The number of aryl methyl sites for hydroxylation is 1. The van der Waals surface area contributed by atoms with Crippen molar-refractivity contribution < 1.29 is 19.4 Å². The molecule has 7 nitrogen and oxygen atoms in total. The Labute approximate surface area is 205 Å². The van der Waals surface area contributed by atoms with Gasteiger partial charge in [0.15, 0.2) is 6.10 Å². The molecule has 1 atom stereocenters. The van der Waals surface area contributed by atoms with Gasteiger partial charge in [0, 0.05) is 29.1 Å². The molecule has 190 valence electrons. The lowest BCUT2D eigenvalue weighted by Gasteiger charge is -2.28. The summed E-state index contributed by atoms with van der Waals surface area (Å²) in [6, 6.07) is 7.67. The molecule has 0 aliphatic heterocycles. The summed E-state index contributed by atoms with van der Waals surface area (Å²) in [5.74, 6) is 0.255. The Bertz CT molecular complexity index is 932. The van der Waals surface area contributed by atoms with Crippen LogP contribution in [0.25, 0.3) is 0 Å². The summed E-state index contributed by atoms with van der Waals surface area (Å²) in [5, 5.41) is 21.4. The van der Waals surface area contributed by atoms with Crippen LogP contribution >= 0.6 is 0 Å². The molecule has 3 N–H and O–H groups in total. The molecule has 0 saturated heterocycles. The smallest absolute Gasteiger partial charge is 0.337 e. The second kappa shape index (κ2) is 14.4. The molecule has 0 amide bonds. The molecule has 1 unspecified atom stereocenters. The van der Waals surface area contributed by atoms with Crippen molar-refractivity contribution in [3.8, 4) is 5.75 Å². The number of carboxylic acid groups (broad SMARTS) is 1. The zero-order valence-electron chi connectivity index (χ0n) is 22.7. The summed E-state index contributed by atoms with van der Waals surface area (Å²) in [6.07, 6.45) is -1.16. The highest BCUT2D eigenvalue weighted by Gasteiger charge is 2.31. The van der Waals surface area contributed by atoms with E-state index in [0.29, 0.717) is 40.5 Å². The number of carbonyl (C=O) groups is 1. The fourth-order valence-electron chi connectivity index (χ4n) is 3.36. The van der Waals surface area contributed by atoms with Gasteiger partial charge in [0.2, 0.25) is 0 Å². The molecular weight excluding hydrogens is 430 g/mol. The summed E-state index contributed by atoms with van der Waals surface area (Å²) in [7, 11) is 1.62. The Hall–Kier alpha value is -2.93. The largest absolute Gasteiger partial charge is 0.497 e. The van der Waals surface area contributed by atoms with Gasteiger partial charge in [-0.05, 0) is 64.8 Å². The number of rotatable bonds is 8. The predicted octanol–water partition coefficient (Wildman–Crippen LogP) is 6.70. The molecule has 1 heterocycles. The number of ether oxygens (including phenoxy) is 2. The molecule has 2 aromatic rings. The van der Waals surface area contributed by atoms with Gasteiger partial charge in [-0.3, -0.25) is 0 Å². The van der Waals surface area contributed by atoms with Crippen LogP contribution in [-0.2, 0) is 16.1 Å². The maximum atomic E-state index is 12.0. The first-order valence-electron chi connectivity index (χ1n) is 11.8.